The number of carbonyl (C=O) groups is 1. The fourth-order valence-corrected chi connectivity index (χ4v) is 1.48. The predicted molar refractivity (Wildman–Crippen MR) is 59.2 cm³/mol. The summed E-state index contributed by atoms with van der Waals surface area (Å²) in [7, 11) is 1.27. The Bertz CT molecular complexity index is 415. The molecule has 0 aliphatic heterocycles. The van der Waals surface area contributed by atoms with Crippen LogP contribution in [0.2, 0.25) is 0 Å². The van der Waals surface area contributed by atoms with E-state index in [4.69, 9.17) is 9.47 Å². The van der Waals surface area contributed by atoms with Crippen LogP contribution < -0.4 is 4.74 Å². The van der Waals surface area contributed by atoms with E-state index in [0.717, 1.165) is 0 Å². The average molecular weight is 242 g/mol. The second-order valence-corrected chi connectivity index (χ2v) is 3.61. The molecule has 0 fully saturated rings. The maximum atomic E-state index is 13.4. The van der Waals surface area contributed by atoms with Crippen LogP contribution in [0.4, 0.5) is 4.39 Å². The third-order valence-electron chi connectivity index (χ3n) is 2.37. The van der Waals surface area contributed by atoms with Crippen molar-refractivity contribution >= 4 is 5.97 Å². The Kier molecular flexibility index (Phi) is 4.07. The van der Waals surface area contributed by atoms with Gasteiger partial charge in [-0.15, -0.1) is 0 Å². The van der Waals surface area contributed by atoms with Gasteiger partial charge in [0.15, 0.2) is 17.2 Å². The number of para-hydroxylation sites is 1. The van der Waals surface area contributed by atoms with Crippen molar-refractivity contribution in [2.75, 3.05) is 13.7 Å². The average Bonchev–Trinajstić information content (AvgIpc) is 2.29. The van der Waals surface area contributed by atoms with Gasteiger partial charge >= 0.3 is 5.97 Å². The third kappa shape index (κ3) is 2.55. The highest BCUT2D eigenvalue weighted by atomic mass is 19.1. The molecule has 0 aromatic heterocycles. The molecular weight excluding hydrogens is 227 g/mol. The van der Waals surface area contributed by atoms with Crippen LogP contribution in [0.1, 0.15) is 19.4 Å². The second-order valence-electron chi connectivity index (χ2n) is 3.61. The first kappa shape index (κ1) is 13.4. The van der Waals surface area contributed by atoms with Crippen molar-refractivity contribution in [3.05, 3.63) is 29.6 Å². The van der Waals surface area contributed by atoms with Crippen molar-refractivity contribution in [3.8, 4) is 5.75 Å². The van der Waals surface area contributed by atoms with E-state index in [-0.39, 0.29) is 17.9 Å². The highest BCUT2D eigenvalue weighted by molar-refractivity contribution is 5.81. The molecule has 0 saturated carbocycles. The normalized spacial score (nSPS) is 13.9. The number of methoxy groups -OCH3 is 1. The lowest BCUT2D eigenvalue weighted by atomic mass is 9.95. The smallest absolute Gasteiger partial charge is 0.342 e. The minimum absolute atomic E-state index is 0.0402. The van der Waals surface area contributed by atoms with E-state index in [2.05, 4.69) is 0 Å². The number of benzene rings is 1. The minimum atomic E-state index is -1.94. The maximum Gasteiger partial charge on any atom is 0.342 e. The molecule has 1 N–H and O–H groups in total. The van der Waals surface area contributed by atoms with Gasteiger partial charge in [0, 0.05) is 5.56 Å². The molecule has 1 rings (SSSR count). The molecule has 1 aromatic rings. The van der Waals surface area contributed by atoms with Crippen LogP contribution in [-0.2, 0) is 15.1 Å². The molecule has 94 valence electrons. The van der Waals surface area contributed by atoms with Gasteiger partial charge in [-0.25, -0.2) is 9.18 Å². The Balaban J connectivity index is 3.23. The summed E-state index contributed by atoms with van der Waals surface area (Å²) in [6.07, 6.45) is 0. The SMILES string of the molecule is CCOC(=O)C(C)(O)c1cccc(F)c1OC. The van der Waals surface area contributed by atoms with Gasteiger partial charge in [-0.3, -0.25) is 0 Å². The van der Waals surface area contributed by atoms with Crippen molar-refractivity contribution in [1.82, 2.24) is 0 Å². The fourth-order valence-electron chi connectivity index (χ4n) is 1.48. The van der Waals surface area contributed by atoms with E-state index in [1.807, 2.05) is 0 Å². The molecule has 0 spiro atoms. The number of esters is 1. The van der Waals surface area contributed by atoms with Crippen molar-refractivity contribution < 1.29 is 23.8 Å². The molecular formula is C12H15FO4. The van der Waals surface area contributed by atoms with Crippen LogP contribution in [0.3, 0.4) is 0 Å². The Morgan fingerprint density at radius 3 is 2.71 bits per heavy atom. The number of ether oxygens (including phenoxy) is 2. The van der Waals surface area contributed by atoms with Gasteiger partial charge in [0.2, 0.25) is 0 Å². The lowest BCUT2D eigenvalue weighted by Gasteiger charge is -2.23. The van der Waals surface area contributed by atoms with Gasteiger partial charge < -0.3 is 14.6 Å². The van der Waals surface area contributed by atoms with Crippen LogP contribution in [0, 0.1) is 5.82 Å². The lowest BCUT2D eigenvalue weighted by molar-refractivity contribution is -0.164. The Morgan fingerprint density at radius 1 is 1.53 bits per heavy atom. The van der Waals surface area contributed by atoms with E-state index in [9.17, 15) is 14.3 Å². The molecule has 0 radical (unpaired) electrons. The minimum Gasteiger partial charge on any atom is -0.493 e. The number of carbonyl (C=O) groups excluding carboxylic acids is 1. The van der Waals surface area contributed by atoms with Crippen LogP contribution in [0.15, 0.2) is 18.2 Å². The van der Waals surface area contributed by atoms with Gasteiger partial charge in [0.05, 0.1) is 13.7 Å². The molecule has 17 heavy (non-hydrogen) atoms. The fraction of sp³-hybridized carbons (Fsp3) is 0.417. The molecule has 4 nitrogen and oxygen atoms in total. The van der Waals surface area contributed by atoms with Crippen molar-refractivity contribution in [2.45, 2.75) is 19.4 Å². The molecule has 0 bridgehead atoms. The monoisotopic (exact) mass is 242 g/mol. The number of hydrogen-bond donors (Lipinski definition) is 1. The predicted octanol–water partition coefficient (Wildman–Crippen LogP) is 1.60. The molecule has 0 aliphatic rings. The van der Waals surface area contributed by atoms with Gasteiger partial charge in [-0.1, -0.05) is 12.1 Å². The lowest BCUT2D eigenvalue weighted by Crippen LogP contribution is -2.34. The Hall–Kier alpha value is -1.62. The highest BCUT2D eigenvalue weighted by Gasteiger charge is 2.37. The standard InChI is InChI=1S/C12H15FO4/c1-4-17-11(14)12(2,15)8-6-5-7-9(13)10(8)16-3/h5-7,15H,4H2,1-3H3. The molecule has 0 saturated heterocycles. The van der Waals surface area contributed by atoms with Gasteiger partial charge in [0.1, 0.15) is 0 Å². The molecule has 1 atom stereocenters. The summed E-state index contributed by atoms with van der Waals surface area (Å²) in [4.78, 5) is 11.6. The van der Waals surface area contributed by atoms with Crippen LogP contribution in [0.5, 0.6) is 5.75 Å². The maximum absolute atomic E-state index is 13.4. The summed E-state index contributed by atoms with van der Waals surface area (Å²) in [5.41, 5.74) is -1.90. The van der Waals surface area contributed by atoms with E-state index >= 15 is 0 Å². The van der Waals surface area contributed by atoms with Gasteiger partial charge in [-0.05, 0) is 19.9 Å². The Morgan fingerprint density at radius 2 is 2.18 bits per heavy atom. The number of aliphatic hydroxyl groups is 1. The summed E-state index contributed by atoms with van der Waals surface area (Å²) >= 11 is 0. The van der Waals surface area contributed by atoms with Gasteiger partial charge in [-0.2, -0.15) is 0 Å². The van der Waals surface area contributed by atoms with E-state index in [1.165, 1.54) is 32.2 Å². The molecule has 0 heterocycles. The third-order valence-corrected chi connectivity index (χ3v) is 2.37. The van der Waals surface area contributed by atoms with Crippen LogP contribution in [-0.4, -0.2) is 24.8 Å². The van der Waals surface area contributed by atoms with Crippen molar-refractivity contribution in [1.29, 1.82) is 0 Å². The van der Waals surface area contributed by atoms with Gasteiger partial charge in [0.25, 0.3) is 0 Å². The first-order chi connectivity index (χ1) is 7.95. The first-order valence-electron chi connectivity index (χ1n) is 5.17. The zero-order chi connectivity index (χ0) is 13.1. The second kappa shape index (κ2) is 5.14. The van der Waals surface area contributed by atoms with Crippen LogP contribution in [0.25, 0.3) is 0 Å². The summed E-state index contributed by atoms with van der Waals surface area (Å²) in [5.74, 6) is -1.65. The summed E-state index contributed by atoms with van der Waals surface area (Å²) in [6, 6.07) is 3.99. The first-order valence-corrected chi connectivity index (χ1v) is 5.17. The van der Waals surface area contributed by atoms with E-state index in [0.29, 0.717) is 0 Å². The molecule has 1 unspecified atom stereocenters. The van der Waals surface area contributed by atoms with Crippen molar-refractivity contribution in [3.63, 3.8) is 0 Å². The number of hydrogen-bond acceptors (Lipinski definition) is 4. The summed E-state index contributed by atoms with van der Waals surface area (Å²) in [5, 5.41) is 10.1. The number of halogens is 1. The summed E-state index contributed by atoms with van der Waals surface area (Å²) in [6.45, 7) is 2.99. The zero-order valence-electron chi connectivity index (χ0n) is 9.99. The highest BCUT2D eigenvalue weighted by Crippen LogP contribution is 2.32. The van der Waals surface area contributed by atoms with Crippen molar-refractivity contribution in [2.24, 2.45) is 0 Å². The largest absolute Gasteiger partial charge is 0.493 e. The molecule has 0 amide bonds. The Labute approximate surface area is 99.0 Å². The quantitative estimate of drug-likeness (QED) is 0.815. The topological polar surface area (TPSA) is 55.8 Å². The molecule has 5 heteroatoms. The zero-order valence-corrected chi connectivity index (χ0v) is 9.99. The van der Waals surface area contributed by atoms with E-state index in [1.54, 1.807) is 6.92 Å². The molecule has 0 aliphatic carbocycles. The number of rotatable bonds is 4. The van der Waals surface area contributed by atoms with Crippen LogP contribution >= 0.6 is 0 Å². The summed E-state index contributed by atoms with van der Waals surface area (Å²) < 4.78 is 23.0. The van der Waals surface area contributed by atoms with E-state index < -0.39 is 17.4 Å². The molecule has 1 aromatic carbocycles.